The smallest absolute Gasteiger partial charge is 0.258 e. The van der Waals surface area contributed by atoms with E-state index >= 15 is 0 Å². The van der Waals surface area contributed by atoms with Gasteiger partial charge >= 0.3 is 0 Å². The molecule has 0 aliphatic rings. The molecule has 0 saturated carbocycles. The third kappa shape index (κ3) is 3.72. The van der Waals surface area contributed by atoms with Crippen LogP contribution in [0.4, 0.5) is 5.95 Å². The van der Waals surface area contributed by atoms with Crippen molar-refractivity contribution in [2.45, 2.75) is 26.0 Å². The molecule has 160 valence electrons. The maximum atomic E-state index is 13.1. The Bertz CT molecular complexity index is 1440. The van der Waals surface area contributed by atoms with E-state index in [-0.39, 0.29) is 12.5 Å². The molecule has 0 spiro atoms. The monoisotopic (exact) mass is 426 g/mol. The second kappa shape index (κ2) is 7.58. The van der Waals surface area contributed by atoms with Crippen LogP contribution in [0, 0.1) is 0 Å². The normalized spacial score (nSPS) is 11.8. The average Bonchev–Trinajstić information content (AvgIpc) is 3.35. The van der Waals surface area contributed by atoms with Crippen LogP contribution in [0.1, 0.15) is 24.2 Å². The number of fused-ring (bicyclic) bond motifs is 2. The zero-order valence-corrected chi connectivity index (χ0v) is 17.7. The van der Waals surface area contributed by atoms with Crippen LogP contribution in [0.5, 0.6) is 0 Å². The fourth-order valence-electron chi connectivity index (χ4n) is 3.72. The molecule has 0 saturated heterocycles. The molecule has 8 heteroatoms. The Morgan fingerprint density at radius 3 is 2.50 bits per heavy atom. The molecule has 2 N–H and O–H groups in total. The lowest BCUT2D eigenvalue weighted by Gasteiger charge is -2.20. The molecular weight excluding hydrogens is 404 g/mol. The number of nitrogens with one attached hydrogen (secondary N) is 1. The number of hydrogen-bond acceptors (Lipinski definition) is 5. The van der Waals surface area contributed by atoms with Crippen molar-refractivity contribution in [3.63, 3.8) is 0 Å². The zero-order chi connectivity index (χ0) is 22.3. The number of pyridine rings is 1. The summed E-state index contributed by atoms with van der Waals surface area (Å²) in [6.45, 7) is 3.72. The van der Waals surface area contributed by atoms with Gasteiger partial charge in [0.15, 0.2) is 0 Å². The van der Waals surface area contributed by atoms with Crippen molar-refractivity contribution < 1.29 is 9.90 Å². The number of aliphatic hydroxyl groups is 1. The summed E-state index contributed by atoms with van der Waals surface area (Å²) >= 11 is 0. The van der Waals surface area contributed by atoms with E-state index in [1.54, 1.807) is 38.5 Å². The number of aromatic nitrogens is 5. The molecule has 5 aromatic rings. The van der Waals surface area contributed by atoms with Gasteiger partial charge in [-0.15, -0.1) is 0 Å². The molecule has 5 rings (SSSR count). The maximum Gasteiger partial charge on any atom is 0.258 e. The fourth-order valence-corrected chi connectivity index (χ4v) is 3.72. The number of anilines is 1. The average molecular weight is 426 g/mol. The van der Waals surface area contributed by atoms with Gasteiger partial charge in [0.1, 0.15) is 12.1 Å². The van der Waals surface area contributed by atoms with Gasteiger partial charge in [-0.05, 0) is 50.2 Å². The Morgan fingerprint density at radius 1 is 1.00 bits per heavy atom. The number of benzene rings is 2. The number of carbonyl (C=O) groups excluding carboxylic acids is 1. The van der Waals surface area contributed by atoms with Crippen molar-refractivity contribution in [3.05, 3.63) is 78.8 Å². The van der Waals surface area contributed by atoms with Gasteiger partial charge in [0.25, 0.3) is 5.91 Å². The molecule has 3 aromatic heterocycles. The van der Waals surface area contributed by atoms with Crippen molar-refractivity contribution in [1.82, 2.24) is 24.1 Å². The lowest BCUT2D eigenvalue weighted by atomic mass is 10.1. The number of amides is 1. The molecule has 3 heterocycles. The Hall–Kier alpha value is -4.04. The van der Waals surface area contributed by atoms with Crippen LogP contribution in [0.15, 0.2) is 73.2 Å². The summed E-state index contributed by atoms with van der Waals surface area (Å²) in [6.07, 6.45) is 3.29. The SMILES string of the molecule is CC(C)(O)Cn1c(NC(=O)c2ccnc(-n3cnc4ccccc43)c2)nc2ccccc21. The van der Waals surface area contributed by atoms with Gasteiger partial charge < -0.3 is 9.67 Å². The summed E-state index contributed by atoms with van der Waals surface area (Å²) in [4.78, 5) is 26.5. The van der Waals surface area contributed by atoms with Crippen LogP contribution < -0.4 is 5.32 Å². The minimum atomic E-state index is -0.977. The Balaban J connectivity index is 1.49. The largest absolute Gasteiger partial charge is 0.389 e. The van der Waals surface area contributed by atoms with E-state index in [1.807, 2.05) is 57.7 Å². The Labute approximate surface area is 184 Å². The van der Waals surface area contributed by atoms with Crippen LogP contribution >= 0.6 is 0 Å². The summed E-state index contributed by atoms with van der Waals surface area (Å²) in [5.41, 5.74) is 2.80. The molecule has 2 aromatic carbocycles. The quantitative estimate of drug-likeness (QED) is 0.446. The Kier molecular flexibility index (Phi) is 4.71. The Morgan fingerprint density at radius 2 is 1.72 bits per heavy atom. The topological polar surface area (TPSA) is 97.9 Å². The highest BCUT2D eigenvalue weighted by Crippen LogP contribution is 2.23. The summed E-state index contributed by atoms with van der Waals surface area (Å²) < 4.78 is 3.66. The molecule has 0 radical (unpaired) electrons. The van der Waals surface area contributed by atoms with Crippen LogP contribution in [-0.2, 0) is 6.54 Å². The number of nitrogens with zero attached hydrogens (tertiary/aromatic N) is 5. The van der Waals surface area contributed by atoms with Gasteiger partial charge in [0.2, 0.25) is 5.95 Å². The van der Waals surface area contributed by atoms with Gasteiger partial charge in [-0.2, -0.15) is 0 Å². The van der Waals surface area contributed by atoms with E-state index in [0.717, 1.165) is 22.1 Å². The van der Waals surface area contributed by atoms with Gasteiger partial charge in [0.05, 0.1) is 34.2 Å². The first-order valence-electron chi connectivity index (χ1n) is 10.3. The fraction of sp³-hybridized carbons (Fsp3) is 0.167. The third-order valence-corrected chi connectivity index (χ3v) is 5.13. The van der Waals surface area contributed by atoms with Crippen molar-refractivity contribution >= 4 is 33.9 Å². The molecule has 0 aliphatic heterocycles. The standard InChI is InChI=1S/C24H22N6O2/c1-24(2,32)14-29-20-10-6-4-8-18(20)27-23(29)28-22(31)16-11-12-25-21(13-16)30-15-26-17-7-3-5-9-19(17)30/h3-13,15,32H,14H2,1-2H3,(H,27,28,31). The maximum absolute atomic E-state index is 13.1. The van der Waals surface area contributed by atoms with Crippen LogP contribution in [-0.4, -0.2) is 40.7 Å². The van der Waals surface area contributed by atoms with Crippen molar-refractivity contribution in [2.75, 3.05) is 5.32 Å². The summed E-state index contributed by atoms with van der Waals surface area (Å²) in [7, 11) is 0. The molecule has 1 amide bonds. The highest BCUT2D eigenvalue weighted by Gasteiger charge is 2.21. The highest BCUT2D eigenvalue weighted by molar-refractivity contribution is 6.04. The molecule has 0 atom stereocenters. The second-order valence-corrected chi connectivity index (χ2v) is 8.28. The zero-order valence-electron chi connectivity index (χ0n) is 17.7. The number of imidazole rings is 2. The molecule has 32 heavy (non-hydrogen) atoms. The lowest BCUT2D eigenvalue weighted by molar-refractivity contribution is 0.0630. The van der Waals surface area contributed by atoms with Gasteiger partial charge in [-0.1, -0.05) is 24.3 Å². The van der Waals surface area contributed by atoms with Crippen molar-refractivity contribution in [3.8, 4) is 5.82 Å². The minimum Gasteiger partial charge on any atom is -0.389 e. The van der Waals surface area contributed by atoms with Crippen molar-refractivity contribution in [2.24, 2.45) is 0 Å². The van der Waals surface area contributed by atoms with E-state index in [9.17, 15) is 9.90 Å². The van der Waals surface area contributed by atoms with Crippen molar-refractivity contribution in [1.29, 1.82) is 0 Å². The van der Waals surface area contributed by atoms with E-state index in [4.69, 9.17) is 0 Å². The molecule has 8 nitrogen and oxygen atoms in total. The van der Waals surface area contributed by atoms with E-state index in [1.165, 1.54) is 0 Å². The second-order valence-electron chi connectivity index (χ2n) is 8.28. The van der Waals surface area contributed by atoms with E-state index in [2.05, 4.69) is 20.3 Å². The first-order chi connectivity index (χ1) is 15.4. The van der Waals surface area contributed by atoms with Gasteiger partial charge in [-0.3, -0.25) is 14.7 Å². The first kappa shape index (κ1) is 19.9. The van der Waals surface area contributed by atoms with Gasteiger partial charge in [-0.25, -0.2) is 15.0 Å². The number of para-hydroxylation sites is 4. The van der Waals surface area contributed by atoms with Gasteiger partial charge in [0, 0.05) is 11.8 Å². The van der Waals surface area contributed by atoms with Crippen LogP contribution in [0.3, 0.4) is 0 Å². The third-order valence-electron chi connectivity index (χ3n) is 5.13. The molecular formula is C24H22N6O2. The van der Waals surface area contributed by atoms with Crippen LogP contribution in [0.2, 0.25) is 0 Å². The molecule has 0 aliphatic carbocycles. The molecule has 0 unspecified atom stereocenters. The predicted octanol–water partition coefficient (Wildman–Crippen LogP) is 3.79. The predicted molar refractivity (Wildman–Crippen MR) is 123 cm³/mol. The minimum absolute atomic E-state index is 0.283. The van der Waals surface area contributed by atoms with Crippen LogP contribution in [0.25, 0.3) is 27.9 Å². The molecule has 0 fully saturated rings. The summed E-state index contributed by atoms with van der Waals surface area (Å²) in [6, 6.07) is 18.7. The van der Waals surface area contributed by atoms with E-state index in [0.29, 0.717) is 17.3 Å². The number of rotatable bonds is 5. The first-order valence-corrected chi connectivity index (χ1v) is 10.3. The lowest BCUT2D eigenvalue weighted by Crippen LogP contribution is -2.27. The highest BCUT2D eigenvalue weighted by atomic mass is 16.3. The number of hydrogen-bond donors (Lipinski definition) is 2. The molecule has 0 bridgehead atoms. The number of carbonyl (C=O) groups is 1. The summed E-state index contributed by atoms with van der Waals surface area (Å²) in [5.74, 6) is 0.659. The van der Waals surface area contributed by atoms with E-state index < -0.39 is 5.60 Å². The summed E-state index contributed by atoms with van der Waals surface area (Å²) in [5, 5.41) is 13.3.